The minimum absolute atomic E-state index is 0. The molecule has 6 nitrogen and oxygen atoms in total. The summed E-state index contributed by atoms with van der Waals surface area (Å²) < 4.78 is 0. The molecule has 112 valence electrons. The molecular weight excluding hydrogens is 300 g/mol. The lowest BCUT2D eigenvalue weighted by Gasteiger charge is -2.27. The maximum atomic E-state index is 12.0. The summed E-state index contributed by atoms with van der Waals surface area (Å²) in [7, 11) is 0. The van der Waals surface area contributed by atoms with Crippen LogP contribution in [0.2, 0.25) is 0 Å². The van der Waals surface area contributed by atoms with Crippen molar-refractivity contribution in [2.75, 3.05) is 0 Å². The van der Waals surface area contributed by atoms with E-state index in [1.807, 2.05) is 0 Å². The Balaban J connectivity index is 0.00000200. The lowest BCUT2D eigenvalue weighted by atomic mass is 9.85. The number of amides is 2. The number of rotatable bonds is 4. The molecule has 0 aromatic carbocycles. The monoisotopic (exact) mass is 318 g/mol. The molecule has 1 aromatic heterocycles. The molecule has 2 amide bonds. The minimum Gasteiger partial charge on any atom is -0.369 e. The summed E-state index contributed by atoms with van der Waals surface area (Å²) in [6, 6.07) is 0.00164. The minimum atomic E-state index is -0.280. The summed E-state index contributed by atoms with van der Waals surface area (Å²) in [4.78, 5) is 27.3. The van der Waals surface area contributed by atoms with Crippen molar-refractivity contribution < 1.29 is 9.59 Å². The molecule has 8 heteroatoms. The number of carbonyl (C=O) groups is 2. The fourth-order valence-corrected chi connectivity index (χ4v) is 3.00. The third-order valence-electron chi connectivity index (χ3n) is 3.37. The van der Waals surface area contributed by atoms with Gasteiger partial charge >= 0.3 is 0 Å². The van der Waals surface area contributed by atoms with Gasteiger partial charge in [-0.1, -0.05) is 6.42 Å². The summed E-state index contributed by atoms with van der Waals surface area (Å²) >= 11 is 1.37. The number of primary amides is 1. The number of halogens is 1. The lowest BCUT2D eigenvalue weighted by Crippen LogP contribution is -2.41. The normalized spacial score (nSPS) is 21.9. The number of nitrogens with zero attached hydrogens (tertiary/aromatic N) is 1. The van der Waals surface area contributed by atoms with E-state index in [1.54, 1.807) is 5.38 Å². The highest BCUT2D eigenvalue weighted by Crippen LogP contribution is 2.24. The second-order valence-electron chi connectivity index (χ2n) is 4.77. The molecule has 1 fully saturated rings. The molecule has 0 radical (unpaired) electrons. The highest BCUT2D eigenvalue weighted by molar-refractivity contribution is 7.09. The molecule has 5 N–H and O–H groups in total. The van der Waals surface area contributed by atoms with Crippen molar-refractivity contribution in [2.45, 2.75) is 38.3 Å². The lowest BCUT2D eigenvalue weighted by molar-refractivity contribution is -0.122. The molecule has 1 saturated carbocycles. The zero-order chi connectivity index (χ0) is 13.8. The Bertz CT molecular complexity index is 480. The van der Waals surface area contributed by atoms with Gasteiger partial charge in [0, 0.05) is 23.9 Å². The zero-order valence-electron chi connectivity index (χ0n) is 11.0. The number of nitrogens with one attached hydrogen (secondary N) is 1. The fourth-order valence-electron chi connectivity index (χ4n) is 2.35. The van der Waals surface area contributed by atoms with Crippen molar-refractivity contribution in [1.29, 1.82) is 0 Å². The molecule has 0 aliphatic heterocycles. The molecule has 2 unspecified atom stereocenters. The van der Waals surface area contributed by atoms with Crippen LogP contribution in [0.4, 0.5) is 0 Å². The average molecular weight is 319 g/mol. The van der Waals surface area contributed by atoms with Crippen LogP contribution in [0.15, 0.2) is 5.38 Å². The van der Waals surface area contributed by atoms with Gasteiger partial charge in [-0.15, -0.1) is 23.7 Å². The van der Waals surface area contributed by atoms with Crippen molar-refractivity contribution in [3.63, 3.8) is 0 Å². The maximum absolute atomic E-state index is 12.0. The zero-order valence-corrected chi connectivity index (χ0v) is 12.6. The van der Waals surface area contributed by atoms with Gasteiger partial charge in [0.15, 0.2) is 0 Å². The van der Waals surface area contributed by atoms with E-state index in [2.05, 4.69) is 10.3 Å². The molecule has 0 saturated heterocycles. The van der Waals surface area contributed by atoms with Gasteiger partial charge in [0.1, 0.15) is 10.7 Å². The first kappa shape index (κ1) is 16.9. The van der Waals surface area contributed by atoms with Gasteiger partial charge in [0.25, 0.3) is 5.91 Å². The smallest absolute Gasteiger partial charge is 0.270 e. The molecule has 1 aliphatic rings. The number of thiazole rings is 1. The van der Waals surface area contributed by atoms with Crippen LogP contribution in [0.1, 0.15) is 41.2 Å². The van der Waals surface area contributed by atoms with Gasteiger partial charge in [-0.25, -0.2) is 4.98 Å². The molecule has 0 spiro atoms. The Hall–Kier alpha value is -1.18. The van der Waals surface area contributed by atoms with E-state index >= 15 is 0 Å². The van der Waals surface area contributed by atoms with Crippen LogP contribution < -0.4 is 16.8 Å². The summed E-state index contributed by atoms with van der Waals surface area (Å²) in [6.07, 6.45) is 3.22. The van der Waals surface area contributed by atoms with Gasteiger partial charge in [-0.2, -0.15) is 0 Å². The topological polar surface area (TPSA) is 111 Å². The highest BCUT2D eigenvalue weighted by atomic mass is 35.5. The third-order valence-corrected chi connectivity index (χ3v) is 4.24. The standard InChI is InChI=1S/C12H18N4O2S.ClH/c13-5-10-16-9(6-19-10)12(18)15-8-3-1-2-7(4-8)11(14)17;/h6-8H,1-5,13H2,(H2,14,17)(H,15,18);1H. The number of nitrogens with two attached hydrogens (primary N) is 2. The van der Waals surface area contributed by atoms with Gasteiger partial charge in [-0.3, -0.25) is 9.59 Å². The summed E-state index contributed by atoms with van der Waals surface area (Å²) in [6.45, 7) is 0.338. The second kappa shape index (κ2) is 7.56. The first-order chi connectivity index (χ1) is 9.10. The van der Waals surface area contributed by atoms with E-state index in [-0.39, 0.29) is 36.2 Å². The first-order valence-electron chi connectivity index (χ1n) is 6.34. The number of carbonyl (C=O) groups excluding carboxylic acids is 2. The van der Waals surface area contributed by atoms with Crippen molar-refractivity contribution in [3.8, 4) is 0 Å². The molecule has 2 rings (SSSR count). The predicted molar refractivity (Wildman–Crippen MR) is 79.7 cm³/mol. The quantitative estimate of drug-likeness (QED) is 0.762. The van der Waals surface area contributed by atoms with Gasteiger partial charge < -0.3 is 16.8 Å². The van der Waals surface area contributed by atoms with Crippen LogP contribution in [0.25, 0.3) is 0 Å². The van der Waals surface area contributed by atoms with E-state index in [9.17, 15) is 9.59 Å². The number of hydrogen-bond donors (Lipinski definition) is 3. The van der Waals surface area contributed by atoms with E-state index < -0.39 is 0 Å². The highest BCUT2D eigenvalue weighted by Gasteiger charge is 2.27. The van der Waals surface area contributed by atoms with Crippen LogP contribution in [-0.2, 0) is 11.3 Å². The molecule has 1 aromatic rings. The Morgan fingerprint density at radius 3 is 2.80 bits per heavy atom. The van der Waals surface area contributed by atoms with Crippen molar-refractivity contribution >= 4 is 35.6 Å². The van der Waals surface area contributed by atoms with E-state index in [1.165, 1.54) is 11.3 Å². The number of aromatic nitrogens is 1. The van der Waals surface area contributed by atoms with Crippen molar-refractivity contribution in [2.24, 2.45) is 17.4 Å². The van der Waals surface area contributed by atoms with E-state index in [4.69, 9.17) is 11.5 Å². The summed E-state index contributed by atoms with van der Waals surface area (Å²) in [5.74, 6) is -0.613. The Morgan fingerprint density at radius 2 is 2.20 bits per heavy atom. The fraction of sp³-hybridized carbons (Fsp3) is 0.583. The summed E-state index contributed by atoms with van der Waals surface area (Å²) in [5.41, 5.74) is 11.2. The second-order valence-corrected chi connectivity index (χ2v) is 5.71. The van der Waals surface area contributed by atoms with E-state index in [0.29, 0.717) is 18.7 Å². The van der Waals surface area contributed by atoms with Crippen LogP contribution in [-0.4, -0.2) is 22.8 Å². The average Bonchev–Trinajstić information content (AvgIpc) is 2.88. The van der Waals surface area contributed by atoms with E-state index in [0.717, 1.165) is 24.3 Å². The molecular formula is C12H19ClN4O2S. The molecule has 1 heterocycles. The van der Waals surface area contributed by atoms with Crippen LogP contribution in [0.3, 0.4) is 0 Å². The third kappa shape index (κ3) is 4.16. The molecule has 2 atom stereocenters. The SMILES string of the molecule is Cl.NCc1nc(C(=O)NC2CCCC(C(N)=O)C2)cs1. The molecule has 20 heavy (non-hydrogen) atoms. The van der Waals surface area contributed by atoms with Crippen molar-refractivity contribution in [1.82, 2.24) is 10.3 Å². The van der Waals surface area contributed by atoms with Gasteiger partial charge in [0.05, 0.1) is 0 Å². The largest absolute Gasteiger partial charge is 0.369 e. The van der Waals surface area contributed by atoms with Crippen molar-refractivity contribution in [3.05, 3.63) is 16.1 Å². The summed E-state index contributed by atoms with van der Waals surface area (Å²) in [5, 5.41) is 5.35. The maximum Gasteiger partial charge on any atom is 0.270 e. The van der Waals surface area contributed by atoms with Crippen LogP contribution >= 0.6 is 23.7 Å². The Kier molecular flexibility index (Phi) is 6.38. The molecule has 1 aliphatic carbocycles. The van der Waals surface area contributed by atoms with Crippen LogP contribution in [0.5, 0.6) is 0 Å². The Labute approximate surface area is 127 Å². The number of hydrogen-bond acceptors (Lipinski definition) is 5. The Morgan fingerprint density at radius 1 is 1.45 bits per heavy atom. The predicted octanol–water partition coefficient (Wildman–Crippen LogP) is 0.797. The van der Waals surface area contributed by atoms with Gasteiger partial charge in [-0.05, 0) is 19.3 Å². The first-order valence-corrected chi connectivity index (χ1v) is 7.22. The van der Waals surface area contributed by atoms with Gasteiger partial charge in [0.2, 0.25) is 5.91 Å². The molecule has 0 bridgehead atoms. The van der Waals surface area contributed by atoms with Crippen LogP contribution in [0, 0.1) is 5.92 Å².